The minimum atomic E-state index is -1.01. The van der Waals surface area contributed by atoms with Crippen molar-refractivity contribution >= 4 is 29.8 Å². The molecular formula is C33H27O3P. The van der Waals surface area contributed by atoms with Crippen LogP contribution in [0.1, 0.15) is 33.7 Å². The summed E-state index contributed by atoms with van der Waals surface area (Å²) in [6.07, 6.45) is -1.87. The molecule has 5 rings (SSSR count). The molecule has 0 aliphatic heterocycles. The maximum absolute atomic E-state index is 13.8. The van der Waals surface area contributed by atoms with Crippen molar-refractivity contribution in [3.05, 3.63) is 162 Å². The average Bonchev–Trinajstić information content (AvgIpc) is 2.98. The SMILES string of the molecule is O=C(OC(c1ccccc1)C(O)c1ccccc1)c1ccccc1P(c1ccccc1)c1ccccc1. The maximum Gasteiger partial charge on any atom is 0.339 e. The monoisotopic (exact) mass is 502 g/mol. The first-order valence-corrected chi connectivity index (χ1v) is 13.5. The van der Waals surface area contributed by atoms with Crippen LogP contribution in [0.3, 0.4) is 0 Å². The third kappa shape index (κ3) is 5.70. The Kier molecular flexibility index (Phi) is 7.86. The minimum Gasteiger partial charge on any atom is -0.451 e. The first-order valence-electron chi connectivity index (χ1n) is 12.2. The van der Waals surface area contributed by atoms with Gasteiger partial charge in [-0.25, -0.2) is 4.79 Å². The molecule has 5 aromatic rings. The highest BCUT2D eigenvalue weighted by atomic mass is 31.1. The van der Waals surface area contributed by atoms with E-state index < -0.39 is 26.1 Å². The van der Waals surface area contributed by atoms with Gasteiger partial charge in [0.1, 0.15) is 6.10 Å². The summed E-state index contributed by atoms with van der Waals surface area (Å²) in [7, 11) is -1.00. The summed E-state index contributed by atoms with van der Waals surface area (Å²) in [4.78, 5) is 13.8. The van der Waals surface area contributed by atoms with Crippen LogP contribution in [0.4, 0.5) is 0 Å². The minimum absolute atomic E-state index is 0.459. The molecule has 2 atom stereocenters. The van der Waals surface area contributed by atoms with E-state index in [4.69, 9.17) is 4.74 Å². The van der Waals surface area contributed by atoms with Crippen molar-refractivity contribution < 1.29 is 14.6 Å². The number of carbonyl (C=O) groups excluding carboxylic acids is 1. The molecule has 2 unspecified atom stereocenters. The van der Waals surface area contributed by atoms with E-state index in [1.807, 2.05) is 121 Å². The Labute approximate surface area is 218 Å². The molecule has 4 heteroatoms. The van der Waals surface area contributed by atoms with Gasteiger partial charge in [0, 0.05) is 0 Å². The van der Waals surface area contributed by atoms with Gasteiger partial charge >= 0.3 is 5.97 Å². The van der Waals surface area contributed by atoms with E-state index in [1.54, 1.807) is 0 Å². The molecule has 3 nitrogen and oxygen atoms in total. The molecule has 0 saturated heterocycles. The van der Waals surface area contributed by atoms with Gasteiger partial charge in [-0.2, -0.15) is 0 Å². The van der Waals surface area contributed by atoms with Gasteiger partial charge in [0.25, 0.3) is 0 Å². The summed E-state index contributed by atoms with van der Waals surface area (Å²) >= 11 is 0. The molecule has 0 saturated carbocycles. The van der Waals surface area contributed by atoms with Gasteiger partial charge in [-0.15, -0.1) is 0 Å². The van der Waals surface area contributed by atoms with Crippen LogP contribution < -0.4 is 15.9 Å². The largest absolute Gasteiger partial charge is 0.451 e. The third-order valence-electron chi connectivity index (χ3n) is 6.18. The normalized spacial score (nSPS) is 12.6. The summed E-state index contributed by atoms with van der Waals surface area (Å²) in [5.41, 5.74) is 1.92. The number of aliphatic hydroxyl groups excluding tert-OH is 1. The van der Waals surface area contributed by atoms with E-state index in [1.165, 1.54) is 0 Å². The van der Waals surface area contributed by atoms with Crippen LogP contribution in [0.15, 0.2) is 146 Å². The van der Waals surface area contributed by atoms with E-state index in [0.717, 1.165) is 21.5 Å². The molecule has 1 N–H and O–H groups in total. The van der Waals surface area contributed by atoms with Gasteiger partial charge in [0.2, 0.25) is 0 Å². The number of hydrogen-bond acceptors (Lipinski definition) is 3. The molecule has 182 valence electrons. The number of aliphatic hydroxyl groups is 1. The topological polar surface area (TPSA) is 46.5 Å². The zero-order valence-electron chi connectivity index (χ0n) is 20.2. The molecule has 0 bridgehead atoms. The fourth-order valence-electron chi connectivity index (χ4n) is 4.38. The van der Waals surface area contributed by atoms with Crippen LogP contribution in [0.25, 0.3) is 0 Å². The molecule has 0 heterocycles. The van der Waals surface area contributed by atoms with Gasteiger partial charge in [-0.1, -0.05) is 140 Å². The molecule has 0 spiro atoms. The van der Waals surface area contributed by atoms with Crippen LogP contribution in [0, 0.1) is 0 Å². The van der Waals surface area contributed by atoms with E-state index in [2.05, 4.69) is 24.3 Å². The second-order valence-electron chi connectivity index (χ2n) is 8.62. The molecule has 0 aliphatic carbocycles. The van der Waals surface area contributed by atoms with Crippen LogP contribution in [0.5, 0.6) is 0 Å². The van der Waals surface area contributed by atoms with Crippen molar-refractivity contribution in [3.8, 4) is 0 Å². The zero-order valence-corrected chi connectivity index (χ0v) is 21.1. The summed E-state index contributed by atoms with van der Waals surface area (Å²) in [6, 6.07) is 46.9. The predicted octanol–water partition coefficient (Wildman–Crippen LogP) is 6.08. The lowest BCUT2D eigenvalue weighted by Gasteiger charge is -2.26. The van der Waals surface area contributed by atoms with E-state index in [-0.39, 0.29) is 0 Å². The van der Waals surface area contributed by atoms with Crippen LogP contribution >= 0.6 is 7.92 Å². The van der Waals surface area contributed by atoms with Crippen molar-refractivity contribution in [1.82, 2.24) is 0 Å². The summed E-state index contributed by atoms with van der Waals surface area (Å²) in [5.74, 6) is -0.459. The Morgan fingerprint density at radius 1 is 0.568 bits per heavy atom. The third-order valence-corrected chi connectivity index (χ3v) is 8.68. The van der Waals surface area contributed by atoms with Gasteiger partial charge in [0.05, 0.1) is 5.56 Å². The van der Waals surface area contributed by atoms with Crippen molar-refractivity contribution in [2.75, 3.05) is 0 Å². The highest BCUT2D eigenvalue weighted by Gasteiger charge is 2.29. The molecule has 37 heavy (non-hydrogen) atoms. The Hall–Kier alpha value is -4.04. The molecule has 5 aromatic carbocycles. The van der Waals surface area contributed by atoms with E-state index in [0.29, 0.717) is 11.1 Å². The van der Waals surface area contributed by atoms with Gasteiger partial charge < -0.3 is 9.84 Å². The fourth-order valence-corrected chi connectivity index (χ4v) is 6.82. The average molecular weight is 503 g/mol. The molecule has 0 amide bonds. The van der Waals surface area contributed by atoms with E-state index >= 15 is 0 Å². The Bertz CT molecular complexity index is 1380. The number of hydrogen-bond donors (Lipinski definition) is 1. The quantitative estimate of drug-likeness (QED) is 0.207. The maximum atomic E-state index is 13.8. The molecule has 0 aromatic heterocycles. The second kappa shape index (κ2) is 11.8. The zero-order chi connectivity index (χ0) is 25.5. The summed E-state index contributed by atoms with van der Waals surface area (Å²) < 4.78 is 6.12. The Balaban J connectivity index is 1.55. The lowest BCUT2D eigenvalue weighted by atomic mass is 9.98. The van der Waals surface area contributed by atoms with Crippen molar-refractivity contribution in [1.29, 1.82) is 0 Å². The number of benzene rings is 5. The fraction of sp³-hybridized carbons (Fsp3) is 0.0606. The van der Waals surface area contributed by atoms with Crippen LogP contribution in [-0.2, 0) is 4.74 Å². The predicted molar refractivity (Wildman–Crippen MR) is 151 cm³/mol. The second-order valence-corrected chi connectivity index (χ2v) is 10.8. The standard InChI is InChI=1S/C33H27O3P/c34-31(25-15-5-1-6-16-25)32(26-17-7-2-8-18-26)36-33(35)29-23-13-14-24-30(29)37(27-19-9-3-10-20-27)28-21-11-4-12-22-28/h1-24,31-32,34H. The first-order chi connectivity index (χ1) is 18.2. The van der Waals surface area contributed by atoms with Gasteiger partial charge in [-0.05, 0) is 41.0 Å². The molecular weight excluding hydrogens is 475 g/mol. The summed E-state index contributed by atoms with van der Waals surface area (Å²) in [6.45, 7) is 0. The van der Waals surface area contributed by atoms with E-state index in [9.17, 15) is 9.90 Å². The highest BCUT2D eigenvalue weighted by molar-refractivity contribution is 7.80. The Morgan fingerprint density at radius 3 is 1.54 bits per heavy atom. The van der Waals surface area contributed by atoms with Crippen molar-refractivity contribution in [2.24, 2.45) is 0 Å². The Morgan fingerprint density at radius 2 is 1.00 bits per heavy atom. The smallest absolute Gasteiger partial charge is 0.339 e. The molecule has 0 radical (unpaired) electrons. The number of rotatable bonds is 8. The molecule has 0 aliphatic rings. The lowest BCUT2D eigenvalue weighted by Crippen LogP contribution is -2.27. The van der Waals surface area contributed by atoms with Crippen molar-refractivity contribution in [3.63, 3.8) is 0 Å². The summed E-state index contributed by atoms with van der Waals surface area (Å²) in [5, 5.41) is 14.5. The molecule has 0 fully saturated rings. The van der Waals surface area contributed by atoms with Crippen LogP contribution in [0.2, 0.25) is 0 Å². The lowest BCUT2D eigenvalue weighted by molar-refractivity contribution is -0.0208. The van der Waals surface area contributed by atoms with Crippen molar-refractivity contribution in [2.45, 2.75) is 12.2 Å². The first kappa shape index (κ1) is 24.6. The number of carbonyl (C=O) groups is 1. The van der Waals surface area contributed by atoms with Gasteiger partial charge in [-0.3, -0.25) is 0 Å². The number of ether oxygens (including phenoxy) is 1. The van der Waals surface area contributed by atoms with Crippen LogP contribution in [-0.4, -0.2) is 11.1 Å². The van der Waals surface area contributed by atoms with Gasteiger partial charge in [0.15, 0.2) is 6.10 Å². The number of esters is 1. The highest BCUT2D eigenvalue weighted by Crippen LogP contribution is 2.36.